The molecule has 0 unspecified atom stereocenters. The minimum absolute atomic E-state index is 0.0117. The molecule has 0 spiro atoms. The molecule has 176 valence electrons. The Labute approximate surface area is 199 Å². The third-order valence-electron chi connectivity index (χ3n) is 7.26. The lowest BCUT2D eigenvalue weighted by Crippen LogP contribution is -2.39. The van der Waals surface area contributed by atoms with Crippen molar-refractivity contribution in [1.82, 2.24) is 28.5 Å². The van der Waals surface area contributed by atoms with E-state index in [1.165, 1.54) is 12.4 Å². The third-order valence-corrected chi connectivity index (χ3v) is 8.78. The Morgan fingerprint density at radius 2 is 1.97 bits per heavy atom. The molecule has 3 fully saturated rings. The molecule has 2 saturated heterocycles. The first-order chi connectivity index (χ1) is 16.4. The second kappa shape index (κ2) is 8.04. The summed E-state index contributed by atoms with van der Waals surface area (Å²) in [5.41, 5.74) is 3.34. The summed E-state index contributed by atoms with van der Waals surface area (Å²) < 4.78 is 32.7. The van der Waals surface area contributed by atoms with Gasteiger partial charge in [-0.25, -0.2) is 18.3 Å². The molecular weight excluding hydrogens is 458 g/mol. The van der Waals surface area contributed by atoms with Crippen LogP contribution in [0.4, 0.5) is 8.78 Å². The summed E-state index contributed by atoms with van der Waals surface area (Å²) in [5.74, 6) is 0.186. The van der Waals surface area contributed by atoms with Crippen LogP contribution in [0, 0.1) is 6.92 Å². The van der Waals surface area contributed by atoms with Gasteiger partial charge in [-0.15, -0.1) is 0 Å². The van der Waals surface area contributed by atoms with Crippen molar-refractivity contribution in [2.45, 2.75) is 56.2 Å². The van der Waals surface area contributed by atoms with Crippen molar-refractivity contribution in [2.24, 2.45) is 7.05 Å². The normalized spacial score (nSPS) is 22.7. The molecule has 0 radical (unpaired) electrons. The molecule has 2 aliphatic heterocycles. The van der Waals surface area contributed by atoms with Crippen LogP contribution in [0.2, 0.25) is 0 Å². The van der Waals surface area contributed by atoms with E-state index < -0.39 is 6.43 Å². The van der Waals surface area contributed by atoms with E-state index in [-0.39, 0.29) is 34.6 Å². The predicted octanol–water partition coefficient (Wildman–Crippen LogP) is 5.06. The van der Waals surface area contributed by atoms with Gasteiger partial charge in [0.05, 0.1) is 5.69 Å². The first-order valence-corrected chi connectivity index (χ1v) is 12.3. The summed E-state index contributed by atoms with van der Waals surface area (Å²) in [6.45, 7) is 2.05. The predicted molar refractivity (Wildman–Crippen MR) is 126 cm³/mol. The number of halogens is 2. The van der Waals surface area contributed by atoms with Crippen molar-refractivity contribution >= 4 is 34.5 Å². The Kier molecular flexibility index (Phi) is 5.09. The Morgan fingerprint density at radius 1 is 1.15 bits per heavy atom. The van der Waals surface area contributed by atoms with Gasteiger partial charge in [0.1, 0.15) is 12.0 Å². The van der Waals surface area contributed by atoms with Gasteiger partial charge in [0.15, 0.2) is 0 Å². The van der Waals surface area contributed by atoms with Gasteiger partial charge < -0.3 is 4.57 Å². The van der Waals surface area contributed by atoms with E-state index in [1.807, 2.05) is 29.6 Å². The molecule has 1 saturated carbocycles. The Balaban J connectivity index is 1.33. The van der Waals surface area contributed by atoms with Crippen LogP contribution in [0.25, 0.3) is 16.7 Å². The number of carbonyl (C=O) groups is 1. The second-order valence-electron chi connectivity index (χ2n) is 9.19. The lowest BCUT2D eigenvalue weighted by atomic mass is 9.95. The highest BCUT2D eigenvalue weighted by molar-refractivity contribution is 7.98. The quantitative estimate of drug-likeness (QED) is 0.382. The van der Waals surface area contributed by atoms with Crippen molar-refractivity contribution in [3.05, 3.63) is 59.3 Å². The summed E-state index contributed by atoms with van der Waals surface area (Å²) in [4.78, 5) is 21.6. The van der Waals surface area contributed by atoms with Crippen LogP contribution < -0.4 is 0 Å². The fourth-order valence-corrected chi connectivity index (χ4v) is 6.92. The molecular formula is C24H24F2N6OS. The highest BCUT2D eigenvalue weighted by Crippen LogP contribution is 2.48. The van der Waals surface area contributed by atoms with Crippen LogP contribution in [-0.2, 0) is 7.05 Å². The number of carbonyl (C=O) groups excluding carboxylic acids is 1. The van der Waals surface area contributed by atoms with Crippen molar-refractivity contribution in [3.8, 4) is 0 Å². The van der Waals surface area contributed by atoms with E-state index in [0.717, 1.165) is 42.3 Å². The van der Waals surface area contributed by atoms with Crippen LogP contribution in [-0.4, -0.2) is 45.7 Å². The first kappa shape index (κ1) is 21.5. The molecule has 7 rings (SSSR count). The average molecular weight is 483 g/mol. The van der Waals surface area contributed by atoms with Crippen molar-refractivity contribution in [3.63, 3.8) is 0 Å². The minimum atomic E-state index is -2.68. The number of fused-ring (bicyclic) bond motifs is 6. The van der Waals surface area contributed by atoms with Gasteiger partial charge >= 0.3 is 0 Å². The van der Waals surface area contributed by atoms with E-state index >= 15 is 0 Å². The number of aryl methyl sites for hydroxylation is 2. The first-order valence-electron chi connectivity index (χ1n) is 11.5. The number of rotatable bonds is 3. The SMILES string of the molecule is Cc1cc2cc(C(=O)N3S[C@@H]4CC[C@@H]3CC[C@@H]4c3cc(C(F)F)nc4ncnn34)ccc2n1C. The Morgan fingerprint density at radius 3 is 2.79 bits per heavy atom. The summed E-state index contributed by atoms with van der Waals surface area (Å²) in [6, 6.07) is 9.55. The number of nitrogens with zero attached hydrogens (tertiary/aromatic N) is 6. The molecule has 10 heteroatoms. The van der Waals surface area contributed by atoms with Crippen LogP contribution in [0.3, 0.4) is 0 Å². The zero-order valence-corrected chi connectivity index (χ0v) is 19.7. The smallest absolute Gasteiger partial charge is 0.280 e. The van der Waals surface area contributed by atoms with Crippen molar-refractivity contribution in [2.75, 3.05) is 0 Å². The van der Waals surface area contributed by atoms with Crippen LogP contribution in [0.5, 0.6) is 0 Å². The maximum atomic E-state index is 13.6. The molecule has 1 aromatic carbocycles. The summed E-state index contributed by atoms with van der Waals surface area (Å²) in [5, 5.41) is 5.40. The minimum Gasteiger partial charge on any atom is -0.348 e. The van der Waals surface area contributed by atoms with Crippen molar-refractivity contribution < 1.29 is 13.6 Å². The number of hydrogen-bond donors (Lipinski definition) is 0. The van der Waals surface area contributed by atoms with Gasteiger partial charge in [0, 0.05) is 46.4 Å². The lowest BCUT2D eigenvalue weighted by Gasteiger charge is -2.36. The van der Waals surface area contributed by atoms with Crippen molar-refractivity contribution in [1.29, 1.82) is 0 Å². The maximum Gasteiger partial charge on any atom is 0.280 e. The third kappa shape index (κ3) is 3.38. The van der Waals surface area contributed by atoms with Gasteiger partial charge in [-0.05, 0) is 74.9 Å². The highest BCUT2D eigenvalue weighted by atomic mass is 32.2. The number of hydrogen-bond acceptors (Lipinski definition) is 5. The summed E-state index contributed by atoms with van der Waals surface area (Å²) in [7, 11) is 2.02. The Bertz CT molecular complexity index is 1420. The molecule has 1 aliphatic carbocycles. The average Bonchev–Trinajstić information content (AvgIpc) is 3.29. The second-order valence-corrected chi connectivity index (χ2v) is 10.4. The number of aromatic nitrogens is 5. The van der Waals surface area contributed by atoms with E-state index in [1.54, 1.807) is 16.5 Å². The number of amides is 1. The van der Waals surface area contributed by atoms with Crippen LogP contribution in [0.1, 0.15) is 65.5 Å². The highest BCUT2D eigenvalue weighted by Gasteiger charge is 2.42. The maximum absolute atomic E-state index is 13.6. The molecule has 1 amide bonds. The molecule has 3 aliphatic rings. The fourth-order valence-electron chi connectivity index (χ4n) is 5.38. The fraction of sp³-hybridized carbons (Fsp3) is 0.417. The largest absolute Gasteiger partial charge is 0.348 e. The molecule has 5 heterocycles. The standard InChI is InChI=1S/C24H24F2N6OS/c1-13-9-15-10-14(3-7-19(15)30(13)2)23(33)32-16-4-6-17(21(34-32)8-5-16)20-11-18(22(25)26)29-24-27-12-28-31(20)24/h3,7,9-12,16-17,21-22H,4-6,8H2,1-2H3/t16-,17+,21+/m0/s1. The van der Waals surface area contributed by atoms with Gasteiger partial charge in [-0.1, -0.05) is 0 Å². The summed E-state index contributed by atoms with van der Waals surface area (Å²) >= 11 is 1.56. The lowest BCUT2D eigenvalue weighted by molar-refractivity contribution is 0.0821. The zero-order chi connectivity index (χ0) is 23.6. The van der Waals surface area contributed by atoms with Gasteiger partial charge in [0.25, 0.3) is 18.1 Å². The van der Waals surface area contributed by atoms with E-state index in [4.69, 9.17) is 0 Å². The van der Waals surface area contributed by atoms with Gasteiger partial charge in [-0.3, -0.25) is 9.10 Å². The van der Waals surface area contributed by atoms with E-state index in [9.17, 15) is 13.6 Å². The molecule has 3 aromatic heterocycles. The van der Waals surface area contributed by atoms with Crippen LogP contribution in [0.15, 0.2) is 36.7 Å². The van der Waals surface area contributed by atoms with E-state index in [0.29, 0.717) is 11.3 Å². The molecule has 4 aromatic rings. The monoisotopic (exact) mass is 482 g/mol. The molecule has 2 bridgehead atoms. The molecule has 0 N–H and O–H groups in total. The molecule has 7 nitrogen and oxygen atoms in total. The number of benzene rings is 1. The van der Waals surface area contributed by atoms with Gasteiger partial charge in [0.2, 0.25) is 0 Å². The van der Waals surface area contributed by atoms with E-state index in [2.05, 4.69) is 32.6 Å². The summed E-state index contributed by atoms with van der Waals surface area (Å²) in [6.07, 6.45) is 2.10. The molecule has 34 heavy (non-hydrogen) atoms. The molecule has 3 atom stereocenters. The zero-order valence-electron chi connectivity index (χ0n) is 18.9. The van der Waals surface area contributed by atoms with Crippen LogP contribution >= 0.6 is 11.9 Å². The van der Waals surface area contributed by atoms with Gasteiger partial charge in [-0.2, -0.15) is 10.1 Å². The topological polar surface area (TPSA) is 68.3 Å². The number of alkyl halides is 2. The Hall–Kier alpha value is -3.01.